The predicted molar refractivity (Wildman–Crippen MR) is 70.4 cm³/mol. The molecule has 0 amide bonds. The van der Waals surface area contributed by atoms with Crippen LogP contribution >= 0.6 is 0 Å². The van der Waals surface area contributed by atoms with Crippen LogP contribution in [0.15, 0.2) is 34.6 Å². The van der Waals surface area contributed by atoms with Crippen molar-refractivity contribution in [1.29, 1.82) is 0 Å². The van der Waals surface area contributed by atoms with Crippen LogP contribution in [0, 0.1) is 5.82 Å². The van der Waals surface area contributed by atoms with Gasteiger partial charge in [-0.2, -0.15) is 0 Å². The van der Waals surface area contributed by atoms with Gasteiger partial charge in [-0.05, 0) is 18.2 Å². The summed E-state index contributed by atoms with van der Waals surface area (Å²) in [6.45, 7) is 0. The first-order chi connectivity index (χ1) is 9.61. The van der Waals surface area contributed by atoms with E-state index in [0.717, 1.165) is 17.5 Å². The summed E-state index contributed by atoms with van der Waals surface area (Å²) in [4.78, 5) is 10.3. The summed E-state index contributed by atoms with van der Waals surface area (Å²) in [6.07, 6.45) is 1.18. The molecule has 0 spiro atoms. The van der Waals surface area contributed by atoms with Crippen molar-refractivity contribution in [2.75, 3.05) is 5.75 Å². The second-order valence-corrected chi connectivity index (χ2v) is 7.98. The smallest absolute Gasteiger partial charge is 0.338 e. The summed E-state index contributed by atoms with van der Waals surface area (Å²) >= 11 is 0. The van der Waals surface area contributed by atoms with Gasteiger partial charge in [0.15, 0.2) is 9.84 Å². The van der Waals surface area contributed by atoms with Gasteiger partial charge in [0.2, 0.25) is 10.0 Å². The molecule has 1 aromatic carbocycles. The van der Waals surface area contributed by atoms with Crippen LogP contribution in [0.1, 0.15) is 10.4 Å². The van der Waals surface area contributed by atoms with Crippen LogP contribution in [-0.2, 0) is 19.9 Å². The summed E-state index contributed by atoms with van der Waals surface area (Å²) in [6, 6.07) is 1.35. The Morgan fingerprint density at radius 2 is 2.05 bits per heavy atom. The molecule has 0 fully saturated rings. The minimum absolute atomic E-state index is 0.417. The number of nitrogens with one attached hydrogen (secondary N) is 1. The summed E-state index contributed by atoms with van der Waals surface area (Å²) in [5.74, 6) is -3.09. The van der Waals surface area contributed by atoms with Gasteiger partial charge in [0.1, 0.15) is 5.82 Å². The maximum absolute atomic E-state index is 13.2. The topological polar surface area (TPSA) is 118 Å². The molecule has 1 heterocycles. The van der Waals surface area contributed by atoms with E-state index in [-0.39, 0.29) is 0 Å². The van der Waals surface area contributed by atoms with Crippen molar-refractivity contribution in [3.05, 3.63) is 41.1 Å². The fraction of sp³-hybridized carbons (Fsp3) is 0.182. The van der Waals surface area contributed by atoms with Crippen LogP contribution in [0.4, 0.5) is 4.39 Å². The van der Waals surface area contributed by atoms with E-state index in [2.05, 4.69) is 4.72 Å². The van der Waals surface area contributed by atoms with Crippen LogP contribution in [0.2, 0.25) is 0 Å². The van der Waals surface area contributed by atoms with Crippen molar-refractivity contribution in [1.82, 2.24) is 4.72 Å². The Balaban J connectivity index is 2.31. The highest BCUT2D eigenvalue weighted by molar-refractivity contribution is 7.94. The van der Waals surface area contributed by atoms with Gasteiger partial charge in [-0.3, -0.25) is 0 Å². The number of rotatable bonds is 4. The van der Waals surface area contributed by atoms with Crippen molar-refractivity contribution in [3.63, 3.8) is 0 Å². The number of hydrogen-bond donors (Lipinski definition) is 2. The number of carboxylic acid groups (broad SMARTS) is 1. The first kappa shape index (κ1) is 15.6. The standard InChI is InChI=1S/C11H10FNO6S2/c12-10-2-1-8(5-9(10)11(14)15)21(18,19)13-7-3-4-20(16,17)6-7/h1-5,7,13H,6H2,(H,14,15). The van der Waals surface area contributed by atoms with Crippen molar-refractivity contribution in [3.8, 4) is 0 Å². The molecule has 1 atom stereocenters. The van der Waals surface area contributed by atoms with E-state index < -0.39 is 53.9 Å². The van der Waals surface area contributed by atoms with Crippen LogP contribution in [-0.4, -0.2) is 39.7 Å². The quantitative estimate of drug-likeness (QED) is 0.806. The normalized spacial score (nSPS) is 20.5. The van der Waals surface area contributed by atoms with Gasteiger partial charge in [0, 0.05) is 5.41 Å². The number of benzene rings is 1. The van der Waals surface area contributed by atoms with Gasteiger partial charge in [-0.1, -0.05) is 6.08 Å². The van der Waals surface area contributed by atoms with Gasteiger partial charge in [-0.15, -0.1) is 0 Å². The first-order valence-electron chi connectivity index (χ1n) is 5.57. The predicted octanol–water partition coefficient (Wildman–Crippen LogP) is 0.113. The van der Waals surface area contributed by atoms with Gasteiger partial charge in [-0.25, -0.2) is 30.7 Å². The van der Waals surface area contributed by atoms with Crippen molar-refractivity contribution < 1.29 is 31.1 Å². The van der Waals surface area contributed by atoms with Gasteiger partial charge >= 0.3 is 5.97 Å². The van der Waals surface area contributed by atoms with Gasteiger partial charge < -0.3 is 5.11 Å². The molecule has 0 aliphatic carbocycles. The van der Waals surface area contributed by atoms with E-state index in [1.165, 1.54) is 6.08 Å². The molecule has 7 nitrogen and oxygen atoms in total. The fourth-order valence-corrected chi connectivity index (χ4v) is 4.31. The number of carboxylic acids is 1. The number of hydrogen-bond acceptors (Lipinski definition) is 5. The molecule has 0 saturated carbocycles. The zero-order chi connectivity index (χ0) is 15.8. The third-order valence-corrected chi connectivity index (χ3v) is 5.60. The average molecular weight is 335 g/mol. The summed E-state index contributed by atoms with van der Waals surface area (Å²) in [5.41, 5.74) is -0.785. The number of carbonyl (C=O) groups is 1. The van der Waals surface area contributed by atoms with Gasteiger partial charge in [0.25, 0.3) is 0 Å². The molecule has 0 bridgehead atoms. The highest BCUT2D eigenvalue weighted by Crippen LogP contribution is 2.17. The monoisotopic (exact) mass is 335 g/mol. The van der Waals surface area contributed by atoms with Crippen LogP contribution < -0.4 is 4.72 Å². The van der Waals surface area contributed by atoms with E-state index >= 15 is 0 Å². The molecule has 21 heavy (non-hydrogen) atoms. The molecule has 0 saturated heterocycles. The zero-order valence-corrected chi connectivity index (χ0v) is 12.0. The van der Waals surface area contributed by atoms with E-state index in [1.807, 2.05) is 0 Å². The molecule has 1 aliphatic heterocycles. The Labute approximate surface area is 120 Å². The molecule has 10 heteroatoms. The van der Waals surface area contributed by atoms with Crippen molar-refractivity contribution in [2.45, 2.75) is 10.9 Å². The molecular weight excluding hydrogens is 325 g/mol. The first-order valence-corrected chi connectivity index (χ1v) is 8.77. The average Bonchev–Trinajstić information content (AvgIpc) is 2.67. The second-order valence-electron chi connectivity index (χ2n) is 4.33. The third-order valence-electron chi connectivity index (χ3n) is 2.72. The van der Waals surface area contributed by atoms with Gasteiger partial charge in [0.05, 0.1) is 22.3 Å². The second kappa shape index (κ2) is 5.20. The maximum Gasteiger partial charge on any atom is 0.338 e. The van der Waals surface area contributed by atoms with Crippen LogP contribution in [0.25, 0.3) is 0 Å². The van der Waals surface area contributed by atoms with E-state index in [4.69, 9.17) is 5.11 Å². The van der Waals surface area contributed by atoms with E-state index in [9.17, 15) is 26.0 Å². The molecule has 0 aromatic heterocycles. The third kappa shape index (κ3) is 3.46. The Morgan fingerprint density at radius 1 is 1.38 bits per heavy atom. The molecule has 114 valence electrons. The molecule has 0 radical (unpaired) electrons. The molecule has 1 unspecified atom stereocenters. The molecule has 2 N–H and O–H groups in total. The molecule has 2 rings (SSSR count). The number of halogens is 1. The number of sulfonamides is 1. The van der Waals surface area contributed by atoms with E-state index in [1.54, 1.807) is 0 Å². The molecule has 1 aromatic rings. The number of aromatic carboxylic acids is 1. The lowest BCUT2D eigenvalue weighted by atomic mass is 10.2. The highest BCUT2D eigenvalue weighted by Gasteiger charge is 2.27. The zero-order valence-electron chi connectivity index (χ0n) is 10.4. The van der Waals surface area contributed by atoms with Crippen LogP contribution in [0.5, 0.6) is 0 Å². The Morgan fingerprint density at radius 3 is 2.57 bits per heavy atom. The lowest BCUT2D eigenvalue weighted by molar-refractivity contribution is 0.0691. The fourth-order valence-electron chi connectivity index (χ4n) is 1.75. The SMILES string of the molecule is O=C(O)c1cc(S(=O)(=O)NC2C=CS(=O)(=O)C2)ccc1F. The Hall–Kier alpha value is -1.78. The van der Waals surface area contributed by atoms with Crippen molar-refractivity contribution in [2.24, 2.45) is 0 Å². The lowest BCUT2D eigenvalue weighted by Gasteiger charge is -2.11. The Bertz CT molecular complexity index is 828. The molecular formula is C11H10FNO6S2. The van der Waals surface area contributed by atoms with Crippen LogP contribution in [0.3, 0.4) is 0 Å². The summed E-state index contributed by atoms with van der Waals surface area (Å²) in [7, 11) is -7.60. The number of sulfone groups is 1. The minimum atomic E-state index is -4.16. The largest absolute Gasteiger partial charge is 0.478 e. The summed E-state index contributed by atoms with van der Waals surface area (Å²) < 4.78 is 61.8. The maximum atomic E-state index is 13.2. The van der Waals surface area contributed by atoms with E-state index in [0.29, 0.717) is 6.07 Å². The highest BCUT2D eigenvalue weighted by atomic mass is 32.2. The Kier molecular flexibility index (Phi) is 3.87. The molecule has 1 aliphatic rings. The minimum Gasteiger partial charge on any atom is -0.478 e. The van der Waals surface area contributed by atoms with Crippen molar-refractivity contribution >= 4 is 25.8 Å². The lowest BCUT2D eigenvalue weighted by Crippen LogP contribution is -2.35. The summed E-state index contributed by atoms with van der Waals surface area (Å²) in [5, 5.41) is 9.66.